The van der Waals surface area contributed by atoms with E-state index in [0.29, 0.717) is 33.4 Å². The Morgan fingerprint density at radius 1 is 1.38 bits per heavy atom. The number of rotatable bonds is 3. The molecule has 0 fully saturated rings. The van der Waals surface area contributed by atoms with Crippen molar-refractivity contribution in [3.8, 4) is 11.1 Å². The summed E-state index contributed by atoms with van der Waals surface area (Å²) < 4.78 is 16.7. The maximum absolute atomic E-state index is 14.5. The molecule has 3 heterocycles. The van der Waals surface area contributed by atoms with Crippen LogP contribution in [-0.4, -0.2) is 26.0 Å². The molecule has 0 radical (unpaired) electrons. The van der Waals surface area contributed by atoms with Crippen molar-refractivity contribution >= 4 is 44.7 Å². The monoisotopic (exact) mass is 387 g/mol. The highest BCUT2D eigenvalue weighted by molar-refractivity contribution is 9.10. The summed E-state index contributed by atoms with van der Waals surface area (Å²) in [6.07, 6.45) is 5.80. The highest BCUT2D eigenvalue weighted by Gasteiger charge is 2.18. The Morgan fingerprint density at radius 3 is 3.00 bits per heavy atom. The normalized spacial score (nSPS) is 11.3. The summed E-state index contributed by atoms with van der Waals surface area (Å²) in [5, 5.41) is 10.2. The largest absolute Gasteiger partial charge is 0.312 e. The number of anilines is 1. The molecule has 1 aromatic carbocycles. The van der Waals surface area contributed by atoms with Crippen LogP contribution in [-0.2, 0) is 4.79 Å². The summed E-state index contributed by atoms with van der Waals surface area (Å²) in [7, 11) is 0. The molecule has 2 N–H and O–H groups in total. The molecule has 6 nitrogen and oxygen atoms in total. The maximum Gasteiger partial charge on any atom is 0.212 e. The lowest BCUT2D eigenvalue weighted by molar-refractivity contribution is -0.105. The Morgan fingerprint density at radius 2 is 2.21 bits per heavy atom. The van der Waals surface area contributed by atoms with E-state index in [2.05, 4.69) is 36.4 Å². The molecule has 8 heteroatoms. The molecular formula is C16H11BrFN5O. The van der Waals surface area contributed by atoms with Crippen LogP contribution in [0.25, 0.3) is 27.7 Å². The molecule has 0 aliphatic heterocycles. The average molecular weight is 388 g/mol. The second-order valence-corrected chi connectivity index (χ2v) is 6.15. The van der Waals surface area contributed by atoms with Gasteiger partial charge in [-0.25, -0.2) is 9.37 Å². The minimum Gasteiger partial charge on any atom is -0.312 e. The molecular weight excluding hydrogens is 377 g/mol. The summed E-state index contributed by atoms with van der Waals surface area (Å²) >= 11 is 3.28. The lowest BCUT2D eigenvalue weighted by Crippen LogP contribution is -1.94. The van der Waals surface area contributed by atoms with Gasteiger partial charge in [0.1, 0.15) is 11.5 Å². The number of carbonyl (C=O) groups is 1. The molecule has 0 bridgehead atoms. The van der Waals surface area contributed by atoms with Gasteiger partial charge in [0.05, 0.1) is 22.4 Å². The maximum atomic E-state index is 14.5. The van der Waals surface area contributed by atoms with Crippen LogP contribution in [0.3, 0.4) is 0 Å². The smallest absolute Gasteiger partial charge is 0.212 e. The first-order chi connectivity index (χ1) is 11.6. The van der Waals surface area contributed by atoms with Crippen molar-refractivity contribution in [3.05, 3.63) is 46.6 Å². The number of pyridine rings is 1. The Bertz CT molecular complexity index is 1100. The van der Waals surface area contributed by atoms with Crippen LogP contribution < -0.4 is 5.32 Å². The van der Waals surface area contributed by atoms with Crippen molar-refractivity contribution < 1.29 is 9.18 Å². The number of imidazole rings is 1. The van der Waals surface area contributed by atoms with E-state index in [4.69, 9.17) is 0 Å². The summed E-state index contributed by atoms with van der Waals surface area (Å²) in [4.78, 5) is 14.8. The van der Waals surface area contributed by atoms with Crippen molar-refractivity contribution in [1.29, 1.82) is 0 Å². The van der Waals surface area contributed by atoms with E-state index < -0.39 is 0 Å². The minimum absolute atomic E-state index is 0.323. The molecule has 24 heavy (non-hydrogen) atoms. The van der Waals surface area contributed by atoms with Gasteiger partial charge in [-0.1, -0.05) is 0 Å². The van der Waals surface area contributed by atoms with Gasteiger partial charge in [0.2, 0.25) is 6.41 Å². The summed E-state index contributed by atoms with van der Waals surface area (Å²) in [5.74, 6) is 0.130. The molecule has 4 aromatic rings. The zero-order valence-electron chi connectivity index (χ0n) is 12.5. The number of amides is 1. The standard InChI is InChI=1S/C16H11BrFN5O/c1-8-13(10-4-20-22-16(10)14(17)15(8)18)9-2-3-12-21-11(19-7-24)6-23(12)5-9/h2-7H,1H3,(H,19,24)(H,20,22). The van der Waals surface area contributed by atoms with Gasteiger partial charge >= 0.3 is 0 Å². The predicted octanol–water partition coefficient (Wildman–Crippen LogP) is 3.66. The number of aromatic nitrogens is 4. The van der Waals surface area contributed by atoms with Gasteiger partial charge in [-0.2, -0.15) is 5.10 Å². The molecule has 3 aromatic heterocycles. The predicted molar refractivity (Wildman–Crippen MR) is 92.4 cm³/mol. The van der Waals surface area contributed by atoms with Gasteiger partial charge in [0.25, 0.3) is 0 Å². The highest BCUT2D eigenvalue weighted by atomic mass is 79.9. The molecule has 120 valence electrons. The van der Waals surface area contributed by atoms with E-state index in [1.54, 1.807) is 23.7 Å². The second-order valence-electron chi connectivity index (χ2n) is 5.36. The van der Waals surface area contributed by atoms with Gasteiger partial charge in [0.15, 0.2) is 5.82 Å². The van der Waals surface area contributed by atoms with Gasteiger partial charge in [0, 0.05) is 17.1 Å². The minimum atomic E-state index is -0.323. The summed E-state index contributed by atoms with van der Waals surface area (Å²) in [6, 6.07) is 3.69. The quantitative estimate of drug-likeness (QED) is 0.526. The number of nitrogens with zero attached hydrogens (tertiary/aromatic N) is 3. The average Bonchev–Trinajstić information content (AvgIpc) is 3.19. The number of halogens is 2. The molecule has 0 spiro atoms. The molecule has 0 aliphatic rings. The summed E-state index contributed by atoms with van der Waals surface area (Å²) in [6.45, 7) is 1.74. The van der Waals surface area contributed by atoms with Crippen molar-refractivity contribution in [2.45, 2.75) is 6.92 Å². The first kappa shape index (κ1) is 14.8. The van der Waals surface area contributed by atoms with Crippen LogP contribution in [0.5, 0.6) is 0 Å². The van der Waals surface area contributed by atoms with Crippen molar-refractivity contribution in [1.82, 2.24) is 19.6 Å². The van der Waals surface area contributed by atoms with E-state index >= 15 is 0 Å². The molecule has 4 rings (SSSR count). The van der Waals surface area contributed by atoms with Gasteiger partial charge in [-0.05, 0) is 46.1 Å². The Labute approximate surface area is 143 Å². The van der Waals surface area contributed by atoms with Gasteiger partial charge < -0.3 is 9.72 Å². The number of fused-ring (bicyclic) bond motifs is 2. The van der Waals surface area contributed by atoms with Crippen LogP contribution >= 0.6 is 15.9 Å². The van der Waals surface area contributed by atoms with Crippen LogP contribution in [0.15, 0.2) is 35.2 Å². The second kappa shape index (κ2) is 5.41. The molecule has 0 saturated carbocycles. The lowest BCUT2D eigenvalue weighted by atomic mass is 9.98. The number of aromatic amines is 1. The fourth-order valence-electron chi connectivity index (χ4n) is 2.87. The van der Waals surface area contributed by atoms with Crippen LogP contribution in [0.4, 0.5) is 10.2 Å². The molecule has 0 unspecified atom stereocenters. The van der Waals surface area contributed by atoms with E-state index in [1.807, 2.05) is 18.3 Å². The van der Waals surface area contributed by atoms with E-state index in [-0.39, 0.29) is 5.82 Å². The number of hydrogen-bond acceptors (Lipinski definition) is 3. The van der Waals surface area contributed by atoms with Crippen molar-refractivity contribution in [2.75, 3.05) is 5.32 Å². The molecule has 0 aliphatic carbocycles. The molecule has 1 amide bonds. The van der Waals surface area contributed by atoms with E-state index in [0.717, 1.165) is 16.5 Å². The number of carbonyl (C=O) groups excluding carboxylic acids is 1. The zero-order valence-corrected chi connectivity index (χ0v) is 14.1. The summed E-state index contributed by atoms with van der Waals surface area (Å²) in [5.41, 5.74) is 3.41. The third kappa shape index (κ3) is 2.10. The van der Waals surface area contributed by atoms with Gasteiger partial charge in [-0.15, -0.1) is 0 Å². The topological polar surface area (TPSA) is 75.1 Å². The van der Waals surface area contributed by atoms with Crippen LogP contribution in [0.2, 0.25) is 0 Å². The third-order valence-corrected chi connectivity index (χ3v) is 4.72. The number of nitrogens with one attached hydrogen (secondary N) is 2. The van der Waals surface area contributed by atoms with Crippen LogP contribution in [0.1, 0.15) is 5.56 Å². The SMILES string of the molecule is Cc1c(F)c(Br)c2[nH]ncc2c1-c1ccc2nc(NC=O)cn2c1. The first-order valence-corrected chi connectivity index (χ1v) is 7.89. The molecule has 0 saturated heterocycles. The highest BCUT2D eigenvalue weighted by Crippen LogP contribution is 2.37. The Balaban J connectivity index is 1.99. The first-order valence-electron chi connectivity index (χ1n) is 7.10. The third-order valence-electron chi connectivity index (χ3n) is 3.97. The Kier molecular flexibility index (Phi) is 3.34. The fraction of sp³-hybridized carbons (Fsp3) is 0.0625. The lowest BCUT2D eigenvalue weighted by Gasteiger charge is -2.11. The van der Waals surface area contributed by atoms with E-state index in [1.165, 1.54) is 0 Å². The number of benzene rings is 1. The number of H-pyrrole nitrogens is 1. The molecule has 0 atom stereocenters. The zero-order chi connectivity index (χ0) is 16.8. The fourth-order valence-corrected chi connectivity index (χ4v) is 3.47. The van der Waals surface area contributed by atoms with Gasteiger partial charge in [-0.3, -0.25) is 9.89 Å². The van der Waals surface area contributed by atoms with Crippen molar-refractivity contribution in [3.63, 3.8) is 0 Å². The Hall–Kier alpha value is -2.74. The van der Waals surface area contributed by atoms with Crippen molar-refractivity contribution in [2.24, 2.45) is 0 Å². The van der Waals surface area contributed by atoms with Crippen LogP contribution in [0, 0.1) is 12.7 Å². The number of hydrogen-bond donors (Lipinski definition) is 2. The van der Waals surface area contributed by atoms with E-state index in [9.17, 15) is 9.18 Å².